The predicted molar refractivity (Wildman–Crippen MR) is 116 cm³/mol. The number of benzene rings is 1. The molecule has 5 rings (SSSR count). The first kappa shape index (κ1) is 18.5. The van der Waals surface area contributed by atoms with E-state index in [1.165, 1.54) is 6.20 Å². The lowest BCUT2D eigenvalue weighted by Crippen LogP contribution is -2.21. The number of aromatic nitrogens is 5. The molecule has 0 amide bonds. The van der Waals surface area contributed by atoms with Gasteiger partial charge < -0.3 is 4.74 Å². The molecule has 0 saturated heterocycles. The summed E-state index contributed by atoms with van der Waals surface area (Å²) in [5.74, 6) is 0.541. The van der Waals surface area contributed by atoms with Gasteiger partial charge in [-0.3, -0.25) is 14.1 Å². The molecule has 1 aromatic carbocycles. The Morgan fingerprint density at radius 3 is 2.48 bits per heavy atom. The Balaban J connectivity index is 1.80. The quantitative estimate of drug-likeness (QED) is 0.455. The second-order valence-corrected chi connectivity index (χ2v) is 7.00. The van der Waals surface area contributed by atoms with E-state index < -0.39 is 0 Å². The van der Waals surface area contributed by atoms with Gasteiger partial charge in [-0.15, -0.1) is 0 Å². The minimum absolute atomic E-state index is 0.215. The average molecular weight is 408 g/mol. The Hall–Kier alpha value is -4.51. The molecule has 5 aromatic rings. The monoisotopic (exact) mass is 408 g/mol. The van der Waals surface area contributed by atoms with E-state index in [9.17, 15) is 4.79 Å². The van der Waals surface area contributed by atoms with Crippen molar-refractivity contribution in [1.82, 2.24) is 24.1 Å². The molecule has 0 atom stereocenters. The predicted octanol–water partition coefficient (Wildman–Crippen LogP) is 3.21. The van der Waals surface area contributed by atoms with Gasteiger partial charge in [0.25, 0.3) is 0 Å². The van der Waals surface area contributed by atoms with Crippen LogP contribution in [0.1, 0.15) is 5.69 Å². The number of ether oxygens (including phenoxy) is 1. The van der Waals surface area contributed by atoms with Crippen LogP contribution in [-0.4, -0.2) is 31.2 Å². The number of nitrogens with zero attached hydrogens (tertiary/aromatic N) is 6. The molecule has 0 radical (unpaired) electrons. The Morgan fingerprint density at radius 2 is 1.81 bits per heavy atom. The highest BCUT2D eigenvalue weighted by atomic mass is 16.5. The van der Waals surface area contributed by atoms with Crippen LogP contribution in [0.25, 0.3) is 38.8 Å². The summed E-state index contributed by atoms with van der Waals surface area (Å²) < 4.78 is 8.30. The van der Waals surface area contributed by atoms with Crippen molar-refractivity contribution in [3.8, 4) is 28.8 Å². The molecule has 31 heavy (non-hydrogen) atoms. The summed E-state index contributed by atoms with van der Waals surface area (Å²) in [7, 11) is 3.29. The van der Waals surface area contributed by atoms with Crippen molar-refractivity contribution in [2.45, 2.75) is 0 Å². The Kier molecular flexibility index (Phi) is 4.22. The zero-order chi connectivity index (χ0) is 21.5. The molecule has 0 aliphatic carbocycles. The third-order valence-electron chi connectivity index (χ3n) is 5.28. The van der Waals surface area contributed by atoms with Crippen molar-refractivity contribution in [2.75, 3.05) is 7.11 Å². The Morgan fingerprint density at radius 1 is 0.968 bits per heavy atom. The van der Waals surface area contributed by atoms with Gasteiger partial charge in [-0.2, -0.15) is 5.26 Å². The second kappa shape index (κ2) is 7.07. The van der Waals surface area contributed by atoms with Crippen LogP contribution in [0, 0.1) is 11.3 Å². The summed E-state index contributed by atoms with van der Waals surface area (Å²) >= 11 is 0. The van der Waals surface area contributed by atoms with Gasteiger partial charge in [-0.1, -0.05) is 6.07 Å². The number of methoxy groups -OCH3 is 1. The Labute approximate surface area is 176 Å². The maximum atomic E-state index is 13.1. The number of rotatable bonds is 3. The van der Waals surface area contributed by atoms with Crippen molar-refractivity contribution < 1.29 is 4.74 Å². The molecule has 0 aliphatic heterocycles. The molecule has 0 N–H and O–H groups in total. The summed E-state index contributed by atoms with van der Waals surface area (Å²) in [5.41, 5.74) is 4.71. The highest BCUT2D eigenvalue weighted by Crippen LogP contribution is 2.29. The molecule has 0 fully saturated rings. The zero-order valence-corrected chi connectivity index (χ0v) is 16.8. The summed E-state index contributed by atoms with van der Waals surface area (Å²) in [5, 5.41) is 9.86. The number of aryl methyl sites for hydroxylation is 1. The number of hydrogen-bond acceptors (Lipinski definition) is 6. The van der Waals surface area contributed by atoms with Crippen LogP contribution in [-0.2, 0) is 7.05 Å². The normalized spacial score (nSPS) is 11.0. The molecule has 0 unspecified atom stereocenters. The molecule has 0 saturated carbocycles. The van der Waals surface area contributed by atoms with Gasteiger partial charge in [-0.05, 0) is 35.9 Å². The summed E-state index contributed by atoms with van der Waals surface area (Å²) in [4.78, 5) is 26.0. The van der Waals surface area contributed by atoms with Gasteiger partial charge in [0.1, 0.15) is 11.8 Å². The maximum Gasteiger partial charge on any atom is 0.333 e. The topological polar surface area (TPSA) is 98.6 Å². The standard InChI is InChI=1S/C23H16N6O2/c1-28-20-13-26-19-7-3-14(15-4-8-21(31-2)27-11-15)9-18(19)22(20)29(23(28)30)17-6-5-16(10-24)25-12-17/h3-9,11-13H,1-2H3. The van der Waals surface area contributed by atoms with Crippen LogP contribution < -0.4 is 10.4 Å². The van der Waals surface area contributed by atoms with E-state index >= 15 is 0 Å². The fourth-order valence-electron chi connectivity index (χ4n) is 3.67. The molecule has 0 bridgehead atoms. The molecule has 4 heterocycles. The van der Waals surface area contributed by atoms with Crippen LogP contribution in [0.4, 0.5) is 0 Å². The first-order valence-electron chi connectivity index (χ1n) is 9.48. The highest BCUT2D eigenvalue weighted by molar-refractivity contribution is 6.04. The average Bonchev–Trinajstić information content (AvgIpc) is 3.09. The van der Waals surface area contributed by atoms with Gasteiger partial charge in [0.2, 0.25) is 5.88 Å². The maximum absolute atomic E-state index is 13.1. The van der Waals surface area contributed by atoms with Gasteiger partial charge in [0, 0.05) is 30.3 Å². The third-order valence-corrected chi connectivity index (χ3v) is 5.28. The summed E-state index contributed by atoms with van der Waals surface area (Å²) in [6.45, 7) is 0. The van der Waals surface area contributed by atoms with Crippen LogP contribution in [0.3, 0.4) is 0 Å². The lowest BCUT2D eigenvalue weighted by Gasteiger charge is -2.08. The largest absolute Gasteiger partial charge is 0.481 e. The number of hydrogen-bond donors (Lipinski definition) is 0. The van der Waals surface area contributed by atoms with E-state index in [4.69, 9.17) is 10.00 Å². The molecular weight excluding hydrogens is 392 g/mol. The third kappa shape index (κ3) is 2.91. The van der Waals surface area contributed by atoms with Crippen molar-refractivity contribution in [1.29, 1.82) is 5.26 Å². The lowest BCUT2D eigenvalue weighted by atomic mass is 10.0. The van der Waals surface area contributed by atoms with E-state index in [2.05, 4.69) is 15.0 Å². The first-order valence-corrected chi connectivity index (χ1v) is 9.48. The van der Waals surface area contributed by atoms with Crippen molar-refractivity contribution in [2.24, 2.45) is 7.05 Å². The molecule has 0 aliphatic rings. The number of imidazole rings is 1. The van der Waals surface area contributed by atoms with Gasteiger partial charge in [0.05, 0.1) is 41.7 Å². The van der Waals surface area contributed by atoms with E-state index in [1.54, 1.807) is 53.9 Å². The number of nitriles is 1. The number of fused-ring (bicyclic) bond motifs is 3. The summed E-state index contributed by atoms with van der Waals surface area (Å²) in [6.07, 6.45) is 4.97. The van der Waals surface area contributed by atoms with Crippen molar-refractivity contribution in [3.63, 3.8) is 0 Å². The van der Waals surface area contributed by atoms with Crippen LogP contribution in [0.15, 0.2) is 65.8 Å². The van der Waals surface area contributed by atoms with Crippen LogP contribution in [0.2, 0.25) is 0 Å². The molecule has 8 heteroatoms. The lowest BCUT2D eigenvalue weighted by molar-refractivity contribution is 0.398. The van der Waals surface area contributed by atoms with Crippen molar-refractivity contribution in [3.05, 3.63) is 77.2 Å². The SMILES string of the molecule is COc1ccc(-c2ccc3ncc4c(c3c2)n(-c2ccc(C#N)nc2)c(=O)n4C)cn1. The van der Waals surface area contributed by atoms with E-state index in [-0.39, 0.29) is 11.4 Å². The summed E-state index contributed by atoms with van der Waals surface area (Å²) in [6, 6.07) is 14.9. The smallest absolute Gasteiger partial charge is 0.333 e. The minimum atomic E-state index is -0.215. The van der Waals surface area contributed by atoms with Gasteiger partial charge >= 0.3 is 5.69 Å². The first-order chi connectivity index (χ1) is 15.1. The van der Waals surface area contributed by atoms with Gasteiger partial charge in [0.15, 0.2) is 0 Å². The Bertz CT molecular complexity index is 1540. The molecule has 4 aromatic heterocycles. The van der Waals surface area contributed by atoms with E-state index in [0.29, 0.717) is 17.1 Å². The molecule has 8 nitrogen and oxygen atoms in total. The second-order valence-electron chi connectivity index (χ2n) is 7.00. The van der Waals surface area contributed by atoms with Gasteiger partial charge in [-0.25, -0.2) is 14.8 Å². The fourth-order valence-corrected chi connectivity index (χ4v) is 3.67. The number of pyridine rings is 3. The molecule has 0 spiro atoms. The molecule has 150 valence electrons. The van der Waals surface area contributed by atoms with Crippen LogP contribution >= 0.6 is 0 Å². The highest BCUT2D eigenvalue weighted by Gasteiger charge is 2.17. The zero-order valence-electron chi connectivity index (χ0n) is 16.8. The van der Waals surface area contributed by atoms with Crippen LogP contribution in [0.5, 0.6) is 5.88 Å². The van der Waals surface area contributed by atoms with Crippen molar-refractivity contribution >= 4 is 21.9 Å². The van der Waals surface area contributed by atoms with E-state index in [1.807, 2.05) is 30.3 Å². The molecular formula is C23H16N6O2. The van der Waals surface area contributed by atoms with E-state index in [0.717, 1.165) is 27.5 Å². The fraction of sp³-hybridized carbons (Fsp3) is 0.0870. The minimum Gasteiger partial charge on any atom is -0.481 e.